The summed E-state index contributed by atoms with van der Waals surface area (Å²) in [5.41, 5.74) is 4.31. The van der Waals surface area contributed by atoms with Gasteiger partial charge in [0.2, 0.25) is 0 Å². The van der Waals surface area contributed by atoms with Crippen LogP contribution in [0.15, 0.2) is 92.9 Å². The number of hydrazone groups is 1. The lowest BCUT2D eigenvalue weighted by Crippen LogP contribution is -2.21. The van der Waals surface area contributed by atoms with Crippen molar-refractivity contribution in [2.75, 3.05) is 19.5 Å². The molecule has 1 aromatic heterocycles. The summed E-state index contributed by atoms with van der Waals surface area (Å²) in [5.74, 6) is 1.19. The first-order valence-corrected chi connectivity index (χ1v) is 11.6. The molecule has 0 radical (unpaired) electrons. The van der Waals surface area contributed by atoms with E-state index in [2.05, 4.69) is 31.8 Å². The number of nitrogens with one attached hydrogen (secondary N) is 2. The Kier molecular flexibility index (Phi) is 7.82. The number of carbonyl (C=O) groups is 2. The van der Waals surface area contributed by atoms with Crippen LogP contribution in [0.4, 0.5) is 5.69 Å². The second-order valence-electron chi connectivity index (χ2n) is 7.48. The number of ether oxygens (including phenoxy) is 2. The van der Waals surface area contributed by atoms with Crippen LogP contribution in [-0.2, 0) is 0 Å². The van der Waals surface area contributed by atoms with Crippen molar-refractivity contribution in [1.29, 1.82) is 0 Å². The summed E-state index contributed by atoms with van der Waals surface area (Å²) < 4.78 is 17.2. The minimum Gasteiger partial charge on any atom is -0.493 e. The van der Waals surface area contributed by atoms with Crippen molar-refractivity contribution in [3.63, 3.8) is 0 Å². The van der Waals surface area contributed by atoms with Crippen LogP contribution in [0.5, 0.6) is 11.5 Å². The van der Waals surface area contributed by atoms with Gasteiger partial charge in [0.1, 0.15) is 11.5 Å². The van der Waals surface area contributed by atoms with Gasteiger partial charge in [-0.25, -0.2) is 5.43 Å². The Hall–Kier alpha value is -4.37. The maximum atomic E-state index is 12.8. The summed E-state index contributed by atoms with van der Waals surface area (Å²) in [6.45, 7) is 0. The predicted molar refractivity (Wildman–Crippen MR) is 141 cm³/mol. The second-order valence-corrected chi connectivity index (χ2v) is 8.39. The molecule has 2 N–H and O–H groups in total. The molecule has 0 saturated heterocycles. The number of benzene rings is 3. The van der Waals surface area contributed by atoms with Gasteiger partial charge < -0.3 is 19.2 Å². The van der Waals surface area contributed by atoms with E-state index in [9.17, 15) is 9.59 Å². The number of nitrogens with zero attached hydrogens (tertiary/aromatic N) is 1. The number of methoxy groups -OCH3 is 2. The topological polar surface area (TPSA) is 102 Å². The van der Waals surface area contributed by atoms with Crippen LogP contribution in [-0.4, -0.2) is 32.2 Å². The normalized spacial score (nSPS) is 10.8. The third-order valence-corrected chi connectivity index (χ3v) is 5.71. The van der Waals surface area contributed by atoms with Crippen LogP contribution in [0.25, 0.3) is 11.3 Å². The molecule has 0 saturated carbocycles. The van der Waals surface area contributed by atoms with Crippen molar-refractivity contribution >= 4 is 39.6 Å². The van der Waals surface area contributed by atoms with E-state index in [4.69, 9.17) is 13.9 Å². The SMILES string of the molecule is COc1ccc(C(=O)Nc2ccccc2C(=O)N/N=C/c2ccc(-c3ccc(Br)cc3)o2)cc1OC. The monoisotopic (exact) mass is 547 g/mol. The number of carbonyl (C=O) groups excluding carboxylic acids is 2. The van der Waals surface area contributed by atoms with Crippen LogP contribution in [0.1, 0.15) is 26.5 Å². The molecule has 3 aromatic carbocycles. The molecule has 0 atom stereocenters. The third-order valence-electron chi connectivity index (χ3n) is 5.18. The third kappa shape index (κ3) is 5.81. The Morgan fingerprint density at radius 3 is 2.39 bits per heavy atom. The summed E-state index contributed by atoms with van der Waals surface area (Å²) in [5, 5.41) is 6.75. The zero-order valence-electron chi connectivity index (χ0n) is 19.4. The molecule has 182 valence electrons. The second kappa shape index (κ2) is 11.4. The number of amides is 2. The number of hydrogen-bond acceptors (Lipinski definition) is 6. The quantitative estimate of drug-likeness (QED) is 0.216. The van der Waals surface area contributed by atoms with Crippen molar-refractivity contribution in [2.24, 2.45) is 5.10 Å². The lowest BCUT2D eigenvalue weighted by Gasteiger charge is -2.12. The van der Waals surface area contributed by atoms with Crippen molar-refractivity contribution in [2.45, 2.75) is 0 Å². The maximum Gasteiger partial charge on any atom is 0.273 e. The zero-order chi connectivity index (χ0) is 25.5. The van der Waals surface area contributed by atoms with E-state index >= 15 is 0 Å². The van der Waals surface area contributed by atoms with E-state index in [1.165, 1.54) is 20.4 Å². The van der Waals surface area contributed by atoms with E-state index in [0.717, 1.165) is 10.0 Å². The highest BCUT2D eigenvalue weighted by molar-refractivity contribution is 9.10. The summed E-state index contributed by atoms with van der Waals surface area (Å²) in [4.78, 5) is 25.6. The lowest BCUT2D eigenvalue weighted by molar-refractivity contribution is 0.0956. The molecule has 0 aliphatic heterocycles. The summed E-state index contributed by atoms with van der Waals surface area (Å²) in [6.07, 6.45) is 1.41. The van der Waals surface area contributed by atoms with E-state index in [1.807, 2.05) is 30.3 Å². The standard InChI is InChI=1S/C27H22BrN3O5/c1-34-24-13-9-18(15-25(24)35-2)26(32)30-22-6-4-3-5-21(22)27(33)31-29-16-20-12-14-23(36-20)17-7-10-19(28)11-8-17/h3-16H,1-2H3,(H,30,32)(H,31,33)/b29-16+. The van der Waals surface area contributed by atoms with Crippen LogP contribution >= 0.6 is 15.9 Å². The number of halogens is 1. The molecule has 0 aliphatic carbocycles. The fraction of sp³-hybridized carbons (Fsp3) is 0.0741. The highest BCUT2D eigenvalue weighted by Crippen LogP contribution is 2.28. The van der Waals surface area contributed by atoms with Crippen molar-refractivity contribution in [3.8, 4) is 22.8 Å². The van der Waals surface area contributed by atoms with Gasteiger partial charge in [-0.3, -0.25) is 9.59 Å². The van der Waals surface area contributed by atoms with Gasteiger partial charge in [0.25, 0.3) is 11.8 Å². The Morgan fingerprint density at radius 2 is 1.64 bits per heavy atom. The molecule has 0 aliphatic rings. The molecule has 4 aromatic rings. The minimum absolute atomic E-state index is 0.249. The van der Waals surface area contributed by atoms with Gasteiger partial charge in [0.05, 0.1) is 31.7 Å². The average molecular weight is 548 g/mol. The van der Waals surface area contributed by atoms with Crippen LogP contribution in [0, 0.1) is 0 Å². The summed E-state index contributed by atoms with van der Waals surface area (Å²) in [7, 11) is 3.01. The van der Waals surface area contributed by atoms with E-state index in [0.29, 0.717) is 34.3 Å². The van der Waals surface area contributed by atoms with Gasteiger partial charge in [0, 0.05) is 15.6 Å². The first-order valence-electron chi connectivity index (χ1n) is 10.8. The van der Waals surface area contributed by atoms with Gasteiger partial charge in [-0.1, -0.05) is 40.2 Å². The molecule has 0 bridgehead atoms. The van der Waals surface area contributed by atoms with Gasteiger partial charge in [0.15, 0.2) is 11.5 Å². The predicted octanol–water partition coefficient (Wildman–Crippen LogP) is 5.74. The van der Waals surface area contributed by atoms with Crippen molar-refractivity contribution in [3.05, 3.63) is 100 Å². The Bertz CT molecular complexity index is 1410. The number of anilines is 1. The van der Waals surface area contributed by atoms with Gasteiger partial charge in [-0.2, -0.15) is 5.10 Å². The number of hydrogen-bond donors (Lipinski definition) is 2. The van der Waals surface area contributed by atoms with Crippen LogP contribution in [0.2, 0.25) is 0 Å². The molecule has 1 heterocycles. The number of furan rings is 1. The largest absolute Gasteiger partial charge is 0.493 e. The average Bonchev–Trinajstić information content (AvgIpc) is 3.37. The summed E-state index contributed by atoms with van der Waals surface area (Å²) in [6, 6.07) is 22.7. The van der Waals surface area contributed by atoms with E-state index in [-0.39, 0.29) is 5.56 Å². The molecule has 4 rings (SSSR count). The molecule has 0 unspecified atom stereocenters. The maximum absolute atomic E-state index is 12.8. The van der Waals surface area contributed by atoms with Crippen LogP contribution < -0.4 is 20.2 Å². The molecule has 0 fully saturated rings. The first kappa shape index (κ1) is 24.7. The lowest BCUT2D eigenvalue weighted by atomic mass is 10.1. The zero-order valence-corrected chi connectivity index (χ0v) is 21.0. The Balaban J connectivity index is 1.43. The Morgan fingerprint density at radius 1 is 0.889 bits per heavy atom. The van der Waals surface area contributed by atoms with Crippen LogP contribution in [0.3, 0.4) is 0 Å². The fourth-order valence-electron chi connectivity index (χ4n) is 3.37. The number of rotatable bonds is 8. The highest BCUT2D eigenvalue weighted by atomic mass is 79.9. The van der Waals surface area contributed by atoms with Gasteiger partial charge in [-0.15, -0.1) is 0 Å². The smallest absolute Gasteiger partial charge is 0.273 e. The molecule has 8 nitrogen and oxygen atoms in total. The minimum atomic E-state index is -0.492. The van der Waals surface area contributed by atoms with E-state index in [1.54, 1.807) is 48.5 Å². The van der Waals surface area contributed by atoms with Gasteiger partial charge in [-0.05, 0) is 54.6 Å². The molecule has 9 heteroatoms. The molecular formula is C27H22BrN3O5. The molecule has 0 spiro atoms. The number of para-hydroxylation sites is 1. The van der Waals surface area contributed by atoms with Crippen molar-refractivity contribution in [1.82, 2.24) is 5.43 Å². The van der Waals surface area contributed by atoms with Gasteiger partial charge >= 0.3 is 0 Å². The fourth-order valence-corrected chi connectivity index (χ4v) is 3.63. The first-order chi connectivity index (χ1) is 17.5. The molecule has 36 heavy (non-hydrogen) atoms. The summed E-state index contributed by atoms with van der Waals surface area (Å²) >= 11 is 3.41. The highest BCUT2D eigenvalue weighted by Gasteiger charge is 2.15. The molecule has 2 amide bonds. The Labute approximate surface area is 216 Å². The van der Waals surface area contributed by atoms with Crippen molar-refractivity contribution < 1.29 is 23.5 Å². The van der Waals surface area contributed by atoms with E-state index < -0.39 is 11.8 Å². The molecular weight excluding hydrogens is 526 g/mol.